The molecule has 2 heteroatoms. The van der Waals surface area contributed by atoms with Gasteiger partial charge in [-0.1, -0.05) is 70.1 Å². The number of halogens is 1. The topological polar surface area (TPSA) is 9.23 Å². The molecule has 1 aromatic carbocycles. The standard InChI is InChI=1S/C28H43FO/c1-3-5-6-20-30-28-19-14-24(21-27(28)29)9-8-23-12-17-26(18-13-23)25-15-10-22(7-4-2)11-16-25/h12,14,19,21-22,25-26H,3-11,13,15-18,20H2,1-2H3. The van der Waals surface area contributed by atoms with Crippen molar-refractivity contribution < 1.29 is 9.13 Å². The molecule has 1 atom stereocenters. The van der Waals surface area contributed by atoms with Crippen molar-refractivity contribution in [1.29, 1.82) is 0 Å². The average Bonchev–Trinajstić information content (AvgIpc) is 2.77. The van der Waals surface area contributed by atoms with Gasteiger partial charge in [0.15, 0.2) is 11.6 Å². The molecule has 0 spiro atoms. The number of benzene rings is 1. The summed E-state index contributed by atoms with van der Waals surface area (Å²) in [6, 6.07) is 5.53. The van der Waals surface area contributed by atoms with Crippen LogP contribution in [0.3, 0.4) is 0 Å². The summed E-state index contributed by atoms with van der Waals surface area (Å²) < 4.78 is 19.9. The summed E-state index contributed by atoms with van der Waals surface area (Å²) in [7, 11) is 0. The van der Waals surface area contributed by atoms with Crippen molar-refractivity contribution in [2.75, 3.05) is 6.61 Å². The molecular formula is C28H43FO. The van der Waals surface area contributed by atoms with Crippen LogP contribution in [0.25, 0.3) is 0 Å². The lowest BCUT2D eigenvalue weighted by molar-refractivity contribution is 0.186. The third-order valence-corrected chi connectivity index (χ3v) is 7.54. The summed E-state index contributed by atoms with van der Waals surface area (Å²) in [5.74, 6) is 3.09. The average molecular weight is 415 g/mol. The van der Waals surface area contributed by atoms with Gasteiger partial charge in [0.25, 0.3) is 0 Å². The minimum Gasteiger partial charge on any atom is -0.491 e. The Morgan fingerprint density at radius 1 is 0.933 bits per heavy atom. The molecule has 168 valence electrons. The number of rotatable bonds is 11. The first-order valence-corrected chi connectivity index (χ1v) is 12.8. The highest BCUT2D eigenvalue weighted by Crippen LogP contribution is 2.41. The molecule has 0 heterocycles. The molecule has 2 aliphatic carbocycles. The predicted molar refractivity (Wildman–Crippen MR) is 126 cm³/mol. The van der Waals surface area contributed by atoms with Crippen LogP contribution in [0, 0.1) is 23.6 Å². The zero-order valence-electron chi connectivity index (χ0n) is 19.4. The van der Waals surface area contributed by atoms with Gasteiger partial charge in [-0.05, 0) is 86.8 Å². The molecule has 0 bridgehead atoms. The Bertz CT molecular complexity index is 657. The Balaban J connectivity index is 1.40. The fourth-order valence-corrected chi connectivity index (χ4v) is 5.58. The highest BCUT2D eigenvalue weighted by atomic mass is 19.1. The molecule has 0 amide bonds. The highest BCUT2D eigenvalue weighted by Gasteiger charge is 2.28. The summed E-state index contributed by atoms with van der Waals surface area (Å²) in [6.07, 6.45) is 20.4. The number of aryl methyl sites for hydroxylation is 1. The third kappa shape index (κ3) is 7.13. The van der Waals surface area contributed by atoms with E-state index < -0.39 is 0 Å². The second-order valence-electron chi connectivity index (χ2n) is 9.79. The Morgan fingerprint density at radius 2 is 1.77 bits per heavy atom. The third-order valence-electron chi connectivity index (χ3n) is 7.54. The van der Waals surface area contributed by atoms with E-state index in [2.05, 4.69) is 19.9 Å². The molecule has 3 rings (SSSR count). The molecule has 0 aliphatic heterocycles. The molecule has 0 aromatic heterocycles. The SMILES string of the molecule is CCCCCOc1ccc(CCC2=CCC(C3CCC(CCC)CC3)CC2)cc1F. The molecule has 2 aliphatic rings. The van der Waals surface area contributed by atoms with Gasteiger partial charge in [-0.15, -0.1) is 0 Å². The summed E-state index contributed by atoms with van der Waals surface area (Å²) >= 11 is 0. The quantitative estimate of drug-likeness (QED) is 0.260. The van der Waals surface area contributed by atoms with Gasteiger partial charge < -0.3 is 4.74 Å². The lowest BCUT2D eigenvalue weighted by Crippen LogP contribution is -2.23. The van der Waals surface area contributed by atoms with Gasteiger partial charge >= 0.3 is 0 Å². The first-order valence-electron chi connectivity index (χ1n) is 12.8. The lowest BCUT2D eigenvalue weighted by Gasteiger charge is -2.35. The van der Waals surface area contributed by atoms with Crippen LogP contribution in [0.1, 0.15) is 103 Å². The van der Waals surface area contributed by atoms with E-state index in [-0.39, 0.29) is 5.82 Å². The van der Waals surface area contributed by atoms with Crippen molar-refractivity contribution in [2.24, 2.45) is 17.8 Å². The first kappa shape index (κ1) is 23.4. The van der Waals surface area contributed by atoms with E-state index in [1.807, 2.05) is 12.1 Å². The van der Waals surface area contributed by atoms with Crippen LogP contribution in [0.2, 0.25) is 0 Å². The van der Waals surface area contributed by atoms with Gasteiger partial charge in [-0.2, -0.15) is 0 Å². The second kappa shape index (κ2) is 12.5. The normalized spacial score (nSPS) is 24.5. The van der Waals surface area contributed by atoms with E-state index in [0.717, 1.165) is 55.4 Å². The Hall–Kier alpha value is -1.31. The summed E-state index contributed by atoms with van der Waals surface area (Å²) in [4.78, 5) is 0. The monoisotopic (exact) mass is 414 g/mol. The minimum absolute atomic E-state index is 0.208. The summed E-state index contributed by atoms with van der Waals surface area (Å²) in [6.45, 7) is 5.10. The van der Waals surface area contributed by atoms with Crippen molar-refractivity contribution in [3.05, 3.63) is 41.2 Å². The zero-order valence-corrected chi connectivity index (χ0v) is 19.4. The molecule has 1 nitrogen and oxygen atoms in total. The molecule has 30 heavy (non-hydrogen) atoms. The van der Waals surface area contributed by atoms with E-state index in [4.69, 9.17) is 4.74 Å². The number of hydrogen-bond donors (Lipinski definition) is 0. The van der Waals surface area contributed by atoms with E-state index >= 15 is 0 Å². The minimum atomic E-state index is -0.208. The maximum absolute atomic E-state index is 14.3. The van der Waals surface area contributed by atoms with Gasteiger partial charge in [-0.25, -0.2) is 4.39 Å². The number of hydrogen-bond acceptors (Lipinski definition) is 1. The number of ether oxygens (including phenoxy) is 1. The molecule has 0 N–H and O–H groups in total. The Labute approximate surface area is 184 Å². The molecule has 1 fully saturated rings. The lowest BCUT2D eigenvalue weighted by atomic mass is 9.70. The van der Waals surface area contributed by atoms with Crippen LogP contribution in [0.4, 0.5) is 4.39 Å². The van der Waals surface area contributed by atoms with Crippen molar-refractivity contribution in [3.63, 3.8) is 0 Å². The van der Waals surface area contributed by atoms with Crippen molar-refractivity contribution in [3.8, 4) is 5.75 Å². The fourth-order valence-electron chi connectivity index (χ4n) is 5.58. The molecule has 0 radical (unpaired) electrons. The summed E-state index contributed by atoms with van der Waals surface area (Å²) in [5.41, 5.74) is 2.68. The van der Waals surface area contributed by atoms with Crippen LogP contribution in [-0.4, -0.2) is 6.61 Å². The smallest absolute Gasteiger partial charge is 0.165 e. The van der Waals surface area contributed by atoms with Gasteiger partial charge in [0.05, 0.1) is 6.61 Å². The number of allylic oxidation sites excluding steroid dienone is 2. The van der Waals surface area contributed by atoms with Crippen LogP contribution in [0.15, 0.2) is 29.8 Å². The molecule has 1 aromatic rings. The zero-order chi connectivity index (χ0) is 21.2. The van der Waals surface area contributed by atoms with Gasteiger partial charge in [0, 0.05) is 0 Å². The van der Waals surface area contributed by atoms with E-state index in [9.17, 15) is 4.39 Å². The van der Waals surface area contributed by atoms with Crippen molar-refractivity contribution in [1.82, 2.24) is 0 Å². The van der Waals surface area contributed by atoms with Crippen molar-refractivity contribution >= 4 is 0 Å². The Kier molecular flexibility index (Phi) is 9.75. The van der Waals surface area contributed by atoms with E-state index in [0.29, 0.717) is 12.4 Å². The van der Waals surface area contributed by atoms with Crippen LogP contribution in [0.5, 0.6) is 5.75 Å². The fraction of sp³-hybridized carbons (Fsp3) is 0.714. The Morgan fingerprint density at radius 3 is 2.43 bits per heavy atom. The largest absolute Gasteiger partial charge is 0.491 e. The van der Waals surface area contributed by atoms with Crippen LogP contribution in [-0.2, 0) is 6.42 Å². The predicted octanol–water partition coefficient (Wildman–Crippen LogP) is 8.66. The van der Waals surface area contributed by atoms with Gasteiger partial charge in [0.2, 0.25) is 0 Å². The molecule has 1 saturated carbocycles. The molecule has 1 unspecified atom stereocenters. The highest BCUT2D eigenvalue weighted by molar-refractivity contribution is 5.30. The summed E-state index contributed by atoms with van der Waals surface area (Å²) in [5, 5.41) is 0. The maximum atomic E-state index is 14.3. The van der Waals surface area contributed by atoms with Crippen LogP contribution >= 0.6 is 0 Å². The second-order valence-corrected chi connectivity index (χ2v) is 9.79. The first-order chi connectivity index (χ1) is 14.7. The van der Waals surface area contributed by atoms with E-state index in [1.165, 1.54) is 57.8 Å². The van der Waals surface area contributed by atoms with Crippen molar-refractivity contribution in [2.45, 2.75) is 104 Å². The van der Waals surface area contributed by atoms with E-state index in [1.54, 1.807) is 11.6 Å². The van der Waals surface area contributed by atoms with Gasteiger partial charge in [0.1, 0.15) is 0 Å². The van der Waals surface area contributed by atoms with Crippen LogP contribution < -0.4 is 4.74 Å². The maximum Gasteiger partial charge on any atom is 0.165 e. The molecule has 0 saturated heterocycles. The van der Waals surface area contributed by atoms with Gasteiger partial charge in [-0.3, -0.25) is 0 Å². The number of unbranched alkanes of at least 4 members (excludes halogenated alkanes) is 2. The molecular weight excluding hydrogens is 371 g/mol.